The highest BCUT2D eigenvalue weighted by Gasteiger charge is 2.04. The largest absolute Gasteiger partial charge is 0.463 e. The topological polar surface area (TPSA) is 80.3 Å². The second-order valence-electron chi connectivity index (χ2n) is 14.7. The molecule has 0 heterocycles. The van der Waals surface area contributed by atoms with Crippen LogP contribution in [0, 0.1) is 0 Å². The Balaban J connectivity index is 3.22. The standard InChI is InChI=1S/C44H86O7/c1-3-5-7-9-11-13-15-17-19-21-23-25-27-29-31-33-43(45)50-41-39-48-37-35-47-36-38-49-40-42-51-44(46)34-32-30-28-26-24-22-20-18-16-14-12-10-8-6-4-2/h3-42H2,1-2H3. The molecule has 0 aliphatic rings. The van der Waals surface area contributed by atoms with Crippen LogP contribution in [-0.2, 0) is 33.3 Å². The fourth-order valence-electron chi connectivity index (χ4n) is 6.40. The lowest BCUT2D eigenvalue weighted by molar-refractivity contribution is -0.146. The first-order chi connectivity index (χ1) is 25.2. The van der Waals surface area contributed by atoms with Gasteiger partial charge in [0.25, 0.3) is 0 Å². The third-order valence-corrected chi connectivity index (χ3v) is 9.69. The molecule has 0 bridgehead atoms. The van der Waals surface area contributed by atoms with Crippen LogP contribution in [0.3, 0.4) is 0 Å². The third-order valence-electron chi connectivity index (χ3n) is 9.69. The monoisotopic (exact) mass is 727 g/mol. The molecule has 0 aliphatic carbocycles. The summed E-state index contributed by atoms with van der Waals surface area (Å²) in [4.78, 5) is 23.8. The second-order valence-corrected chi connectivity index (χ2v) is 14.7. The van der Waals surface area contributed by atoms with Gasteiger partial charge in [0.15, 0.2) is 0 Å². The predicted octanol–water partition coefficient (Wildman–Crippen LogP) is 12.6. The van der Waals surface area contributed by atoms with E-state index in [1.165, 1.54) is 167 Å². The maximum absolute atomic E-state index is 11.9. The summed E-state index contributed by atoms with van der Waals surface area (Å²) in [5.74, 6) is -0.255. The summed E-state index contributed by atoms with van der Waals surface area (Å²) in [6, 6.07) is 0. The number of esters is 2. The van der Waals surface area contributed by atoms with Crippen LogP contribution < -0.4 is 0 Å². The lowest BCUT2D eigenvalue weighted by atomic mass is 10.0. The van der Waals surface area contributed by atoms with Crippen LogP contribution >= 0.6 is 0 Å². The van der Waals surface area contributed by atoms with Crippen molar-refractivity contribution in [2.75, 3.05) is 52.9 Å². The maximum Gasteiger partial charge on any atom is 0.305 e. The van der Waals surface area contributed by atoms with Gasteiger partial charge in [0, 0.05) is 12.8 Å². The van der Waals surface area contributed by atoms with Crippen LogP contribution in [0.5, 0.6) is 0 Å². The number of carbonyl (C=O) groups is 2. The number of hydrogen-bond donors (Lipinski definition) is 0. The summed E-state index contributed by atoms with van der Waals surface area (Å²) in [6.45, 7) is 7.73. The molecule has 0 aromatic rings. The molecule has 0 rings (SSSR count). The smallest absolute Gasteiger partial charge is 0.305 e. The van der Waals surface area contributed by atoms with Crippen LogP contribution in [0.1, 0.15) is 219 Å². The highest BCUT2D eigenvalue weighted by Crippen LogP contribution is 2.15. The molecule has 0 aromatic heterocycles. The van der Waals surface area contributed by atoms with Gasteiger partial charge in [-0.1, -0.05) is 194 Å². The van der Waals surface area contributed by atoms with Crippen molar-refractivity contribution in [1.82, 2.24) is 0 Å². The van der Waals surface area contributed by atoms with E-state index >= 15 is 0 Å². The Hall–Kier alpha value is -1.18. The summed E-state index contributed by atoms with van der Waals surface area (Å²) in [6.07, 6.45) is 40.6. The fourth-order valence-corrected chi connectivity index (χ4v) is 6.40. The highest BCUT2D eigenvalue weighted by molar-refractivity contribution is 5.69. The van der Waals surface area contributed by atoms with E-state index in [0.717, 1.165) is 25.7 Å². The van der Waals surface area contributed by atoms with Gasteiger partial charge in [-0.05, 0) is 12.8 Å². The number of ether oxygens (including phenoxy) is 5. The molecule has 0 aromatic carbocycles. The number of carbonyl (C=O) groups excluding carboxylic acids is 2. The summed E-state index contributed by atoms with van der Waals surface area (Å²) in [5, 5.41) is 0. The molecule has 7 nitrogen and oxygen atoms in total. The third kappa shape index (κ3) is 44.9. The lowest BCUT2D eigenvalue weighted by Crippen LogP contribution is -2.15. The van der Waals surface area contributed by atoms with E-state index in [-0.39, 0.29) is 11.9 Å². The molecular formula is C44H86O7. The summed E-state index contributed by atoms with van der Waals surface area (Å²) in [5.41, 5.74) is 0. The van der Waals surface area contributed by atoms with Crippen molar-refractivity contribution in [2.24, 2.45) is 0 Å². The minimum Gasteiger partial charge on any atom is -0.463 e. The van der Waals surface area contributed by atoms with Gasteiger partial charge in [0.1, 0.15) is 13.2 Å². The quantitative estimate of drug-likeness (QED) is 0.0457. The van der Waals surface area contributed by atoms with E-state index in [1.807, 2.05) is 0 Å². The summed E-state index contributed by atoms with van der Waals surface area (Å²) in [7, 11) is 0. The average Bonchev–Trinajstić information content (AvgIpc) is 3.13. The molecule has 0 unspecified atom stereocenters. The Morgan fingerprint density at radius 1 is 0.275 bits per heavy atom. The van der Waals surface area contributed by atoms with Gasteiger partial charge < -0.3 is 23.7 Å². The first-order valence-electron chi connectivity index (χ1n) is 22.2. The zero-order chi connectivity index (χ0) is 37.0. The number of hydrogen-bond acceptors (Lipinski definition) is 7. The van der Waals surface area contributed by atoms with Gasteiger partial charge in [0.2, 0.25) is 0 Å². The van der Waals surface area contributed by atoms with Crippen LogP contribution in [0.2, 0.25) is 0 Å². The molecule has 0 saturated carbocycles. The molecule has 0 N–H and O–H groups in total. The molecule has 0 saturated heterocycles. The van der Waals surface area contributed by atoms with Crippen LogP contribution in [0.25, 0.3) is 0 Å². The van der Waals surface area contributed by atoms with Crippen molar-refractivity contribution >= 4 is 11.9 Å². The Kier molecular flexibility index (Phi) is 43.9. The van der Waals surface area contributed by atoms with Gasteiger partial charge in [-0.2, -0.15) is 0 Å². The maximum atomic E-state index is 11.9. The molecule has 304 valence electrons. The van der Waals surface area contributed by atoms with E-state index in [4.69, 9.17) is 23.7 Å². The predicted molar refractivity (Wildman–Crippen MR) is 213 cm³/mol. The SMILES string of the molecule is CCCCCCCCCCCCCCCCCC(=O)OCCOCCOCCOCCOC(=O)CCCCCCCCCCCCCCCCC. The second kappa shape index (κ2) is 45.0. The Morgan fingerprint density at radius 2 is 0.471 bits per heavy atom. The molecular weight excluding hydrogens is 640 g/mol. The van der Waals surface area contributed by atoms with Crippen molar-refractivity contribution in [2.45, 2.75) is 219 Å². The van der Waals surface area contributed by atoms with Crippen molar-refractivity contribution < 1.29 is 33.3 Å². The van der Waals surface area contributed by atoms with E-state index in [9.17, 15) is 9.59 Å². The Morgan fingerprint density at radius 3 is 0.706 bits per heavy atom. The van der Waals surface area contributed by atoms with E-state index < -0.39 is 0 Å². The van der Waals surface area contributed by atoms with Gasteiger partial charge in [-0.25, -0.2) is 0 Å². The van der Waals surface area contributed by atoms with Crippen molar-refractivity contribution in [3.05, 3.63) is 0 Å². The molecule has 0 spiro atoms. The summed E-state index contributed by atoms with van der Waals surface area (Å²) < 4.78 is 27.0. The molecule has 0 atom stereocenters. The molecule has 7 heteroatoms. The molecule has 51 heavy (non-hydrogen) atoms. The van der Waals surface area contributed by atoms with E-state index in [1.54, 1.807) is 0 Å². The first-order valence-corrected chi connectivity index (χ1v) is 22.2. The van der Waals surface area contributed by atoms with Gasteiger partial charge in [-0.3, -0.25) is 9.59 Å². The lowest BCUT2D eigenvalue weighted by Gasteiger charge is -2.08. The Bertz CT molecular complexity index is 630. The normalized spacial score (nSPS) is 11.3. The first kappa shape index (κ1) is 49.8. The van der Waals surface area contributed by atoms with Gasteiger partial charge >= 0.3 is 11.9 Å². The zero-order valence-electron chi connectivity index (χ0n) is 34.1. The minimum atomic E-state index is -0.127. The van der Waals surface area contributed by atoms with Crippen LogP contribution in [-0.4, -0.2) is 64.8 Å². The van der Waals surface area contributed by atoms with E-state index in [0.29, 0.717) is 65.7 Å². The Labute approximate surface area is 316 Å². The van der Waals surface area contributed by atoms with E-state index in [2.05, 4.69) is 13.8 Å². The van der Waals surface area contributed by atoms with Gasteiger partial charge in [0.05, 0.1) is 39.6 Å². The van der Waals surface area contributed by atoms with Crippen molar-refractivity contribution in [3.63, 3.8) is 0 Å². The number of unbranched alkanes of at least 4 members (excludes halogenated alkanes) is 28. The highest BCUT2D eigenvalue weighted by atomic mass is 16.6. The van der Waals surface area contributed by atoms with Crippen molar-refractivity contribution in [1.29, 1.82) is 0 Å². The van der Waals surface area contributed by atoms with Crippen LogP contribution in [0.4, 0.5) is 0 Å². The van der Waals surface area contributed by atoms with Crippen LogP contribution in [0.15, 0.2) is 0 Å². The fraction of sp³-hybridized carbons (Fsp3) is 0.955. The van der Waals surface area contributed by atoms with Crippen molar-refractivity contribution in [3.8, 4) is 0 Å². The average molecular weight is 727 g/mol. The minimum absolute atomic E-state index is 0.127. The van der Waals surface area contributed by atoms with Gasteiger partial charge in [-0.15, -0.1) is 0 Å². The molecule has 0 fully saturated rings. The zero-order valence-corrected chi connectivity index (χ0v) is 34.1. The molecule has 0 amide bonds. The number of rotatable bonds is 44. The summed E-state index contributed by atoms with van der Waals surface area (Å²) >= 11 is 0. The molecule has 0 radical (unpaired) electrons. The molecule has 0 aliphatic heterocycles.